The number of carbonyl (C=O) groups excluding carboxylic acids is 1. The average Bonchev–Trinajstić information content (AvgIpc) is 2.82. The number of fused-ring (bicyclic) bond motifs is 3. The number of nitrogens with zero attached hydrogens (tertiary/aromatic N) is 4. The van der Waals surface area contributed by atoms with E-state index in [2.05, 4.69) is 20.9 Å². The van der Waals surface area contributed by atoms with E-state index in [1.165, 1.54) is 0 Å². The highest BCUT2D eigenvalue weighted by molar-refractivity contribution is 6.10. The Morgan fingerprint density at radius 3 is 2.78 bits per heavy atom. The molecule has 5 rings (SSSR count). The summed E-state index contributed by atoms with van der Waals surface area (Å²) in [6.07, 6.45) is 7.39. The van der Waals surface area contributed by atoms with Crippen molar-refractivity contribution >= 4 is 22.5 Å². The van der Waals surface area contributed by atoms with Crippen molar-refractivity contribution < 1.29 is 14.6 Å². The lowest BCUT2D eigenvalue weighted by Crippen LogP contribution is -2.55. The second kappa shape index (κ2) is 8.39. The van der Waals surface area contributed by atoms with Crippen molar-refractivity contribution in [2.45, 2.75) is 44.2 Å². The summed E-state index contributed by atoms with van der Waals surface area (Å²) in [7, 11) is 3.59. The molecule has 2 atom stereocenters. The molecule has 0 saturated heterocycles. The molecule has 2 aliphatic rings. The van der Waals surface area contributed by atoms with Gasteiger partial charge in [-0.05, 0) is 42.5 Å². The van der Waals surface area contributed by atoms with E-state index in [-0.39, 0.29) is 11.9 Å². The first kappa shape index (κ1) is 20.7. The highest BCUT2D eigenvalue weighted by Gasteiger charge is 2.38. The van der Waals surface area contributed by atoms with E-state index in [1.807, 2.05) is 36.2 Å². The summed E-state index contributed by atoms with van der Waals surface area (Å²) in [5, 5.41) is 11.6. The summed E-state index contributed by atoms with van der Waals surface area (Å²) in [4.78, 5) is 26.6. The lowest BCUT2D eigenvalue weighted by atomic mass is 9.89. The molecule has 0 radical (unpaired) electrons. The van der Waals surface area contributed by atoms with E-state index < -0.39 is 6.10 Å². The molecule has 2 aromatic heterocycles. The summed E-state index contributed by atoms with van der Waals surface area (Å²) in [6.45, 7) is 0.459. The number of benzene rings is 1. The summed E-state index contributed by atoms with van der Waals surface area (Å²) in [6, 6.07) is 9.69. The van der Waals surface area contributed by atoms with Crippen LogP contribution in [0.25, 0.3) is 10.9 Å². The first-order chi connectivity index (χ1) is 15.6. The molecular formula is C25H28N4O3. The molecule has 3 heterocycles. The number of anilines is 1. The number of hydrogen-bond donors (Lipinski definition) is 1. The van der Waals surface area contributed by atoms with Gasteiger partial charge in [0.25, 0.3) is 5.91 Å². The summed E-state index contributed by atoms with van der Waals surface area (Å²) in [5.74, 6) is 0.551. The van der Waals surface area contributed by atoms with Crippen LogP contribution in [0.15, 0.2) is 42.7 Å². The number of hydrogen-bond acceptors (Lipinski definition) is 6. The van der Waals surface area contributed by atoms with Crippen molar-refractivity contribution in [1.82, 2.24) is 14.9 Å². The lowest BCUT2D eigenvalue weighted by molar-refractivity contribution is 0.0167. The topological polar surface area (TPSA) is 78.8 Å². The van der Waals surface area contributed by atoms with Crippen LogP contribution < -0.4 is 9.64 Å². The van der Waals surface area contributed by atoms with Gasteiger partial charge in [-0.25, -0.2) is 4.98 Å². The van der Waals surface area contributed by atoms with Gasteiger partial charge in [0.15, 0.2) is 0 Å². The van der Waals surface area contributed by atoms with Gasteiger partial charge in [-0.15, -0.1) is 0 Å². The first-order valence-electron chi connectivity index (χ1n) is 11.2. The molecule has 7 heteroatoms. The van der Waals surface area contributed by atoms with Gasteiger partial charge in [0.1, 0.15) is 0 Å². The largest absolute Gasteiger partial charge is 0.481 e. The van der Waals surface area contributed by atoms with Crippen LogP contribution in [0.5, 0.6) is 5.88 Å². The van der Waals surface area contributed by atoms with E-state index >= 15 is 0 Å². The van der Waals surface area contributed by atoms with Gasteiger partial charge in [-0.2, -0.15) is 0 Å². The van der Waals surface area contributed by atoms with Crippen LogP contribution in [0.1, 0.15) is 47.2 Å². The third kappa shape index (κ3) is 3.56. The number of carbonyl (C=O) groups is 1. The quantitative estimate of drug-likeness (QED) is 0.681. The Labute approximate surface area is 187 Å². The van der Waals surface area contributed by atoms with Gasteiger partial charge >= 0.3 is 0 Å². The number of rotatable bonds is 4. The van der Waals surface area contributed by atoms with Crippen molar-refractivity contribution in [3.05, 3.63) is 59.4 Å². The first-order valence-corrected chi connectivity index (χ1v) is 11.2. The summed E-state index contributed by atoms with van der Waals surface area (Å²) in [5.41, 5.74) is 4.42. The molecule has 166 valence electrons. The minimum atomic E-state index is -0.467. The van der Waals surface area contributed by atoms with Crippen LogP contribution in [0, 0.1) is 0 Å². The van der Waals surface area contributed by atoms with Crippen molar-refractivity contribution in [2.24, 2.45) is 0 Å². The fourth-order valence-corrected chi connectivity index (χ4v) is 5.08. The van der Waals surface area contributed by atoms with E-state index in [4.69, 9.17) is 4.74 Å². The zero-order valence-corrected chi connectivity index (χ0v) is 18.5. The Morgan fingerprint density at radius 2 is 2.03 bits per heavy atom. The molecule has 1 amide bonds. The van der Waals surface area contributed by atoms with Crippen LogP contribution in [-0.2, 0) is 6.42 Å². The zero-order chi connectivity index (χ0) is 22.2. The molecule has 7 nitrogen and oxygen atoms in total. The Balaban J connectivity index is 1.58. The van der Waals surface area contributed by atoms with Crippen molar-refractivity contribution in [3.8, 4) is 5.88 Å². The Kier molecular flexibility index (Phi) is 5.43. The van der Waals surface area contributed by atoms with Gasteiger partial charge in [-0.3, -0.25) is 9.78 Å². The number of aliphatic hydroxyl groups excluding tert-OH is 1. The highest BCUT2D eigenvalue weighted by Crippen LogP contribution is 2.38. The second-order valence-electron chi connectivity index (χ2n) is 8.75. The van der Waals surface area contributed by atoms with Gasteiger partial charge < -0.3 is 19.6 Å². The molecule has 3 aromatic rings. The standard InChI is InChI=1S/C25H28N4O3/c1-28-15-29(20-7-3-4-8-21(20)30)25(31)19-13-17(12-16-9-10-22(32-2)27-14-16)18-6-5-11-26-23(18)24(19)28/h5-6,9-11,13-14,20-21,30H,3-4,7-8,12,15H2,1-2H3/t20-,21-/m0/s1. The molecule has 1 N–H and O–H groups in total. The average molecular weight is 433 g/mol. The maximum absolute atomic E-state index is 13.7. The number of aliphatic hydroxyl groups is 1. The summed E-state index contributed by atoms with van der Waals surface area (Å²) < 4.78 is 5.17. The van der Waals surface area contributed by atoms with Crippen LogP contribution >= 0.6 is 0 Å². The van der Waals surface area contributed by atoms with Crippen LogP contribution in [0.2, 0.25) is 0 Å². The van der Waals surface area contributed by atoms with Gasteiger partial charge in [0, 0.05) is 30.9 Å². The van der Waals surface area contributed by atoms with Crippen molar-refractivity contribution in [1.29, 1.82) is 0 Å². The third-order valence-electron chi connectivity index (χ3n) is 6.68. The number of aromatic nitrogens is 2. The number of methoxy groups -OCH3 is 1. The molecule has 0 spiro atoms. The maximum atomic E-state index is 13.7. The number of amides is 1. The Bertz CT molecular complexity index is 1150. The monoisotopic (exact) mass is 432 g/mol. The van der Waals surface area contributed by atoms with E-state index in [9.17, 15) is 9.90 Å². The maximum Gasteiger partial charge on any atom is 0.257 e. The highest BCUT2D eigenvalue weighted by atomic mass is 16.5. The molecule has 1 aliphatic heterocycles. The predicted molar refractivity (Wildman–Crippen MR) is 123 cm³/mol. The second-order valence-corrected chi connectivity index (χ2v) is 8.75. The lowest BCUT2D eigenvalue weighted by Gasteiger charge is -2.43. The molecule has 1 aromatic carbocycles. The number of pyridine rings is 2. The molecule has 1 saturated carbocycles. The molecule has 32 heavy (non-hydrogen) atoms. The van der Waals surface area contributed by atoms with Crippen LogP contribution in [-0.4, -0.2) is 58.9 Å². The molecular weight excluding hydrogens is 404 g/mol. The molecule has 0 unspecified atom stereocenters. The summed E-state index contributed by atoms with van der Waals surface area (Å²) >= 11 is 0. The van der Waals surface area contributed by atoms with Gasteiger partial charge in [-0.1, -0.05) is 25.0 Å². The SMILES string of the molecule is COc1ccc(Cc2cc3c(c4ncccc24)N(C)CN([C@H]2CCCC[C@@H]2O)C3=O)cn1. The van der Waals surface area contributed by atoms with E-state index in [0.717, 1.165) is 53.4 Å². The molecule has 1 aliphatic carbocycles. The van der Waals surface area contributed by atoms with E-state index in [0.29, 0.717) is 24.5 Å². The van der Waals surface area contributed by atoms with Crippen molar-refractivity contribution in [2.75, 3.05) is 25.7 Å². The Morgan fingerprint density at radius 1 is 1.19 bits per heavy atom. The fraction of sp³-hybridized carbons (Fsp3) is 0.400. The molecule has 1 fully saturated rings. The van der Waals surface area contributed by atoms with Gasteiger partial charge in [0.2, 0.25) is 5.88 Å². The third-order valence-corrected chi connectivity index (χ3v) is 6.68. The van der Waals surface area contributed by atoms with Gasteiger partial charge in [0.05, 0.1) is 42.7 Å². The smallest absolute Gasteiger partial charge is 0.257 e. The van der Waals surface area contributed by atoms with Crippen LogP contribution in [0.4, 0.5) is 5.69 Å². The normalized spacial score (nSPS) is 21.0. The zero-order valence-electron chi connectivity index (χ0n) is 18.5. The molecule has 0 bridgehead atoms. The minimum Gasteiger partial charge on any atom is -0.481 e. The number of ether oxygens (including phenoxy) is 1. The minimum absolute atomic E-state index is 0.0225. The predicted octanol–water partition coefficient (Wildman–Crippen LogP) is 3.38. The van der Waals surface area contributed by atoms with E-state index in [1.54, 1.807) is 19.5 Å². The van der Waals surface area contributed by atoms with Crippen molar-refractivity contribution in [3.63, 3.8) is 0 Å². The fourth-order valence-electron chi connectivity index (χ4n) is 5.08. The van der Waals surface area contributed by atoms with Crippen LogP contribution in [0.3, 0.4) is 0 Å². The Hall–Kier alpha value is -3.19.